The van der Waals surface area contributed by atoms with Crippen molar-refractivity contribution in [3.8, 4) is 11.5 Å². The van der Waals surface area contributed by atoms with E-state index in [1.807, 2.05) is 17.0 Å². The first-order valence-corrected chi connectivity index (χ1v) is 12.3. The third kappa shape index (κ3) is 5.37. The molecule has 0 bridgehead atoms. The van der Waals surface area contributed by atoms with Crippen LogP contribution in [0, 0.1) is 0 Å². The van der Waals surface area contributed by atoms with Crippen LogP contribution in [-0.4, -0.2) is 45.5 Å². The summed E-state index contributed by atoms with van der Waals surface area (Å²) in [5, 5.41) is 0. The second-order valence-electron chi connectivity index (χ2n) is 7.85. The first-order valence-electron chi connectivity index (χ1n) is 10.8. The molecule has 0 spiro atoms. The van der Waals surface area contributed by atoms with Gasteiger partial charge >= 0.3 is 0 Å². The lowest BCUT2D eigenvalue weighted by Crippen LogP contribution is -2.35. The number of nitrogens with zero attached hydrogens (tertiary/aromatic N) is 1. The SMILES string of the molecule is O=C(CCCCCNS(=O)(=O)c1ccc2c(c1)OCCO2)N1CCc2ccccc2C1. The second kappa shape index (κ2) is 9.70. The van der Waals surface area contributed by atoms with Crippen LogP contribution in [0.1, 0.15) is 36.8 Å². The highest BCUT2D eigenvalue weighted by atomic mass is 32.2. The van der Waals surface area contributed by atoms with Crippen molar-refractivity contribution >= 4 is 15.9 Å². The number of amides is 1. The van der Waals surface area contributed by atoms with E-state index in [4.69, 9.17) is 9.47 Å². The van der Waals surface area contributed by atoms with Crippen LogP contribution in [0.25, 0.3) is 0 Å². The van der Waals surface area contributed by atoms with Crippen LogP contribution >= 0.6 is 0 Å². The molecule has 2 aliphatic heterocycles. The van der Waals surface area contributed by atoms with Gasteiger partial charge in [0.05, 0.1) is 4.90 Å². The van der Waals surface area contributed by atoms with Gasteiger partial charge in [-0.3, -0.25) is 4.79 Å². The van der Waals surface area contributed by atoms with Crippen molar-refractivity contribution in [1.29, 1.82) is 0 Å². The van der Waals surface area contributed by atoms with Crippen molar-refractivity contribution in [1.82, 2.24) is 9.62 Å². The van der Waals surface area contributed by atoms with Gasteiger partial charge in [0.1, 0.15) is 13.2 Å². The summed E-state index contributed by atoms with van der Waals surface area (Å²) in [5.74, 6) is 1.19. The molecule has 7 nitrogen and oxygen atoms in total. The van der Waals surface area contributed by atoms with Crippen molar-refractivity contribution < 1.29 is 22.7 Å². The molecule has 2 aromatic rings. The van der Waals surface area contributed by atoms with Crippen molar-refractivity contribution in [3.05, 3.63) is 53.6 Å². The Morgan fingerprint density at radius 1 is 0.968 bits per heavy atom. The Kier molecular flexibility index (Phi) is 6.77. The number of sulfonamides is 1. The second-order valence-corrected chi connectivity index (χ2v) is 9.61. The molecule has 0 saturated carbocycles. The number of benzene rings is 2. The highest BCUT2D eigenvalue weighted by Crippen LogP contribution is 2.32. The maximum atomic E-state index is 12.5. The van der Waals surface area contributed by atoms with Crippen LogP contribution in [-0.2, 0) is 27.8 Å². The lowest BCUT2D eigenvalue weighted by Gasteiger charge is -2.29. The first kappa shape index (κ1) is 21.6. The number of unbranched alkanes of at least 4 members (excludes halogenated alkanes) is 2. The average molecular weight is 445 g/mol. The minimum absolute atomic E-state index is 0.164. The van der Waals surface area contributed by atoms with Crippen LogP contribution in [0.2, 0.25) is 0 Å². The zero-order chi connectivity index (χ0) is 21.7. The number of ether oxygens (including phenoxy) is 2. The molecule has 1 amide bonds. The number of carbonyl (C=O) groups excluding carboxylic acids is 1. The minimum Gasteiger partial charge on any atom is -0.486 e. The predicted octanol–water partition coefficient (Wildman–Crippen LogP) is 2.88. The molecule has 0 aromatic heterocycles. The van der Waals surface area contributed by atoms with Gasteiger partial charge in [-0.2, -0.15) is 0 Å². The zero-order valence-electron chi connectivity index (χ0n) is 17.5. The van der Waals surface area contributed by atoms with Crippen LogP contribution in [0.4, 0.5) is 0 Å². The summed E-state index contributed by atoms with van der Waals surface area (Å²) in [5.41, 5.74) is 2.56. The molecular weight excluding hydrogens is 416 g/mol. The largest absolute Gasteiger partial charge is 0.486 e. The number of rotatable bonds is 8. The lowest BCUT2D eigenvalue weighted by molar-refractivity contribution is -0.132. The maximum absolute atomic E-state index is 12.5. The highest BCUT2D eigenvalue weighted by Gasteiger charge is 2.20. The maximum Gasteiger partial charge on any atom is 0.240 e. The summed E-state index contributed by atoms with van der Waals surface area (Å²) in [7, 11) is -3.60. The smallest absolute Gasteiger partial charge is 0.240 e. The van der Waals surface area contributed by atoms with Gasteiger partial charge < -0.3 is 14.4 Å². The van der Waals surface area contributed by atoms with Gasteiger partial charge in [-0.25, -0.2) is 13.1 Å². The fourth-order valence-corrected chi connectivity index (χ4v) is 5.01. The summed E-state index contributed by atoms with van der Waals surface area (Å²) in [6.07, 6.45) is 3.63. The highest BCUT2D eigenvalue weighted by molar-refractivity contribution is 7.89. The van der Waals surface area contributed by atoms with Crippen molar-refractivity contribution in [2.45, 2.75) is 43.5 Å². The molecule has 0 radical (unpaired) electrons. The van der Waals surface area contributed by atoms with Gasteiger partial charge in [0, 0.05) is 32.1 Å². The summed E-state index contributed by atoms with van der Waals surface area (Å²) >= 11 is 0. The van der Waals surface area contributed by atoms with Crippen LogP contribution in [0.3, 0.4) is 0 Å². The quantitative estimate of drug-likeness (QED) is 0.633. The van der Waals surface area contributed by atoms with Crippen LogP contribution in [0.15, 0.2) is 47.4 Å². The number of hydrogen-bond acceptors (Lipinski definition) is 5. The van der Waals surface area contributed by atoms with Gasteiger partial charge in [0.25, 0.3) is 0 Å². The number of nitrogens with one attached hydrogen (secondary N) is 1. The predicted molar refractivity (Wildman–Crippen MR) is 117 cm³/mol. The monoisotopic (exact) mass is 444 g/mol. The number of fused-ring (bicyclic) bond motifs is 2. The molecule has 2 aliphatic rings. The van der Waals surface area contributed by atoms with Gasteiger partial charge in [-0.15, -0.1) is 0 Å². The van der Waals surface area contributed by atoms with Gasteiger partial charge in [-0.05, 0) is 42.5 Å². The Bertz CT molecular complexity index is 1040. The molecule has 0 atom stereocenters. The summed E-state index contributed by atoms with van der Waals surface area (Å²) in [6, 6.07) is 12.9. The van der Waals surface area contributed by atoms with Crippen molar-refractivity contribution in [2.24, 2.45) is 0 Å². The van der Waals surface area contributed by atoms with Gasteiger partial charge in [-0.1, -0.05) is 30.7 Å². The minimum atomic E-state index is -3.60. The Morgan fingerprint density at radius 2 is 1.74 bits per heavy atom. The third-order valence-corrected chi connectivity index (χ3v) is 7.13. The van der Waals surface area contributed by atoms with Gasteiger partial charge in [0.2, 0.25) is 15.9 Å². The number of hydrogen-bond donors (Lipinski definition) is 1. The van der Waals surface area contributed by atoms with E-state index in [0.717, 1.165) is 25.8 Å². The standard InChI is InChI=1S/C23H28N2O5S/c26-23(25-13-11-18-6-3-4-7-19(18)17-25)8-2-1-5-12-24-31(27,28)20-9-10-21-22(16-20)30-15-14-29-21/h3-4,6-7,9-10,16,24H,1-2,5,8,11-15,17H2. The number of carbonyl (C=O) groups is 1. The Hall–Kier alpha value is -2.58. The molecule has 0 saturated heterocycles. The Balaban J connectivity index is 1.17. The molecule has 4 rings (SSSR count). The summed E-state index contributed by atoms with van der Waals surface area (Å²) in [4.78, 5) is 14.6. The normalized spacial score (nSPS) is 15.4. The zero-order valence-corrected chi connectivity index (χ0v) is 18.3. The fourth-order valence-electron chi connectivity index (χ4n) is 3.93. The summed E-state index contributed by atoms with van der Waals surface area (Å²) in [6.45, 7) is 2.66. The first-order chi connectivity index (χ1) is 15.0. The van der Waals surface area contributed by atoms with E-state index in [1.54, 1.807) is 6.07 Å². The molecule has 0 fully saturated rings. The molecule has 2 aromatic carbocycles. The van der Waals surface area contributed by atoms with E-state index in [0.29, 0.717) is 50.6 Å². The topological polar surface area (TPSA) is 84.9 Å². The van der Waals surface area contributed by atoms with Crippen molar-refractivity contribution in [3.63, 3.8) is 0 Å². The molecule has 0 aliphatic carbocycles. The van der Waals surface area contributed by atoms with E-state index >= 15 is 0 Å². The molecule has 1 N–H and O–H groups in total. The molecule has 8 heteroatoms. The molecule has 31 heavy (non-hydrogen) atoms. The lowest BCUT2D eigenvalue weighted by atomic mass is 9.99. The Labute approximate surface area is 183 Å². The van der Waals surface area contributed by atoms with Crippen molar-refractivity contribution in [2.75, 3.05) is 26.3 Å². The van der Waals surface area contributed by atoms with E-state index in [2.05, 4.69) is 16.9 Å². The van der Waals surface area contributed by atoms with E-state index < -0.39 is 10.0 Å². The fraction of sp³-hybridized carbons (Fsp3) is 0.435. The van der Waals surface area contributed by atoms with E-state index in [-0.39, 0.29) is 10.8 Å². The molecule has 2 heterocycles. The van der Waals surface area contributed by atoms with E-state index in [1.165, 1.54) is 23.3 Å². The molecular formula is C23H28N2O5S. The van der Waals surface area contributed by atoms with Crippen LogP contribution in [0.5, 0.6) is 11.5 Å². The van der Waals surface area contributed by atoms with Gasteiger partial charge in [0.15, 0.2) is 11.5 Å². The average Bonchev–Trinajstić information content (AvgIpc) is 2.80. The molecule has 166 valence electrons. The van der Waals surface area contributed by atoms with Crippen LogP contribution < -0.4 is 14.2 Å². The Morgan fingerprint density at radius 3 is 2.58 bits per heavy atom. The third-order valence-electron chi connectivity index (χ3n) is 5.67. The molecule has 0 unspecified atom stereocenters. The summed E-state index contributed by atoms with van der Waals surface area (Å²) < 4.78 is 38.5. The van der Waals surface area contributed by atoms with E-state index in [9.17, 15) is 13.2 Å².